The zero-order chi connectivity index (χ0) is 12.5. The fraction of sp³-hybridized carbons (Fsp3) is 0.364. The Balaban J connectivity index is 2.10. The molecule has 1 unspecified atom stereocenters. The minimum Gasteiger partial charge on any atom is -0.465 e. The summed E-state index contributed by atoms with van der Waals surface area (Å²) in [5.74, 6) is -1.02. The summed E-state index contributed by atoms with van der Waals surface area (Å²) in [5.41, 5.74) is 0.641. The van der Waals surface area contributed by atoms with Crippen LogP contribution in [0.25, 0.3) is 0 Å². The third kappa shape index (κ3) is 2.89. The lowest BCUT2D eigenvalue weighted by Gasteiger charge is -2.10. The van der Waals surface area contributed by atoms with E-state index < -0.39 is 6.36 Å². The van der Waals surface area contributed by atoms with Crippen LogP contribution in [0.3, 0.4) is 0 Å². The minimum absolute atomic E-state index is 0.299. The van der Waals surface area contributed by atoms with Crippen LogP contribution in [0.2, 0.25) is 0 Å². The standard InChI is InChI=1S/C11H9F3O3/c12-11(13,14)17-8-3-1-7(2-4-8)9-5-6-16-10(9)15/h1-4,9H,5-6H2. The molecule has 1 aliphatic heterocycles. The van der Waals surface area contributed by atoms with Crippen LogP contribution in [0.1, 0.15) is 17.9 Å². The van der Waals surface area contributed by atoms with Crippen molar-refractivity contribution in [1.82, 2.24) is 0 Å². The molecule has 0 radical (unpaired) electrons. The van der Waals surface area contributed by atoms with E-state index in [0.717, 1.165) is 0 Å². The van der Waals surface area contributed by atoms with E-state index in [1.54, 1.807) is 0 Å². The lowest BCUT2D eigenvalue weighted by molar-refractivity contribution is -0.274. The molecule has 17 heavy (non-hydrogen) atoms. The highest BCUT2D eigenvalue weighted by atomic mass is 19.4. The average Bonchev–Trinajstić information content (AvgIpc) is 2.63. The van der Waals surface area contributed by atoms with E-state index in [4.69, 9.17) is 4.74 Å². The number of ether oxygens (including phenoxy) is 2. The van der Waals surface area contributed by atoms with Crippen molar-refractivity contribution in [3.63, 3.8) is 0 Å². The molecular formula is C11H9F3O3. The van der Waals surface area contributed by atoms with E-state index in [1.165, 1.54) is 24.3 Å². The summed E-state index contributed by atoms with van der Waals surface area (Å²) in [7, 11) is 0. The van der Waals surface area contributed by atoms with Gasteiger partial charge in [0.2, 0.25) is 0 Å². The Hall–Kier alpha value is -1.72. The van der Waals surface area contributed by atoms with E-state index in [9.17, 15) is 18.0 Å². The topological polar surface area (TPSA) is 35.5 Å². The van der Waals surface area contributed by atoms with Crippen molar-refractivity contribution in [3.05, 3.63) is 29.8 Å². The highest BCUT2D eigenvalue weighted by Crippen LogP contribution is 2.29. The Kier molecular flexibility index (Phi) is 2.95. The number of benzene rings is 1. The van der Waals surface area contributed by atoms with Gasteiger partial charge in [0.25, 0.3) is 0 Å². The van der Waals surface area contributed by atoms with Gasteiger partial charge in [0, 0.05) is 0 Å². The number of cyclic esters (lactones) is 1. The molecule has 1 aliphatic rings. The molecule has 0 saturated carbocycles. The number of hydrogen-bond donors (Lipinski definition) is 0. The van der Waals surface area contributed by atoms with Crippen LogP contribution in [0, 0.1) is 0 Å². The Bertz CT molecular complexity index is 411. The SMILES string of the molecule is O=C1OCCC1c1ccc(OC(F)(F)F)cc1. The van der Waals surface area contributed by atoms with Crippen molar-refractivity contribution in [1.29, 1.82) is 0 Å². The van der Waals surface area contributed by atoms with E-state index in [0.29, 0.717) is 18.6 Å². The number of alkyl halides is 3. The minimum atomic E-state index is -4.70. The average molecular weight is 246 g/mol. The summed E-state index contributed by atoms with van der Waals surface area (Å²) < 4.78 is 44.2. The highest BCUT2D eigenvalue weighted by Gasteiger charge is 2.32. The first kappa shape index (κ1) is 11.8. The fourth-order valence-electron chi connectivity index (χ4n) is 1.70. The highest BCUT2D eigenvalue weighted by molar-refractivity contribution is 5.79. The zero-order valence-corrected chi connectivity index (χ0v) is 8.66. The summed E-state index contributed by atoms with van der Waals surface area (Å²) in [6, 6.07) is 5.26. The van der Waals surface area contributed by atoms with Gasteiger partial charge >= 0.3 is 12.3 Å². The van der Waals surface area contributed by atoms with Gasteiger partial charge < -0.3 is 9.47 Å². The summed E-state index contributed by atoms with van der Waals surface area (Å²) in [6.45, 7) is 0.351. The van der Waals surface area contributed by atoms with Gasteiger partial charge in [0.1, 0.15) is 5.75 Å². The second kappa shape index (κ2) is 4.27. The first-order valence-corrected chi connectivity index (χ1v) is 4.98. The quantitative estimate of drug-likeness (QED) is 0.752. The van der Waals surface area contributed by atoms with Gasteiger partial charge in [-0.25, -0.2) is 0 Å². The normalized spacial score (nSPS) is 20.2. The maximum Gasteiger partial charge on any atom is 0.573 e. The van der Waals surface area contributed by atoms with Crippen LogP contribution < -0.4 is 4.74 Å². The van der Waals surface area contributed by atoms with Gasteiger partial charge in [-0.05, 0) is 24.1 Å². The molecule has 2 rings (SSSR count). The zero-order valence-electron chi connectivity index (χ0n) is 8.66. The lowest BCUT2D eigenvalue weighted by atomic mass is 9.98. The third-order valence-corrected chi connectivity index (χ3v) is 2.45. The maximum atomic E-state index is 11.9. The molecule has 0 aliphatic carbocycles. The maximum absolute atomic E-state index is 11.9. The number of carbonyl (C=O) groups excluding carboxylic acids is 1. The van der Waals surface area contributed by atoms with Crippen LogP contribution in [0.4, 0.5) is 13.2 Å². The molecule has 92 valence electrons. The number of carbonyl (C=O) groups is 1. The fourth-order valence-corrected chi connectivity index (χ4v) is 1.70. The smallest absolute Gasteiger partial charge is 0.465 e. The Labute approximate surface area is 95.1 Å². The van der Waals surface area contributed by atoms with E-state index in [-0.39, 0.29) is 17.6 Å². The monoisotopic (exact) mass is 246 g/mol. The van der Waals surface area contributed by atoms with Crippen LogP contribution in [-0.4, -0.2) is 18.9 Å². The molecule has 1 aromatic rings. The molecule has 1 aromatic carbocycles. The number of hydrogen-bond acceptors (Lipinski definition) is 3. The molecule has 0 N–H and O–H groups in total. The van der Waals surface area contributed by atoms with Crippen LogP contribution in [0.15, 0.2) is 24.3 Å². The molecule has 1 atom stereocenters. The van der Waals surface area contributed by atoms with Crippen molar-refractivity contribution in [2.24, 2.45) is 0 Å². The first-order chi connectivity index (χ1) is 7.96. The van der Waals surface area contributed by atoms with E-state index in [2.05, 4.69) is 4.74 Å². The molecule has 0 spiro atoms. The number of rotatable bonds is 2. The molecule has 1 fully saturated rings. The summed E-state index contributed by atoms with van der Waals surface area (Å²) in [5, 5.41) is 0. The first-order valence-electron chi connectivity index (χ1n) is 4.98. The molecule has 0 aromatic heterocycles. The lowest BCUT2D eigenvalue weighted by Crippen LogP contribution is -2.17. The van der Waals surface area contributed by atoms with Gasteiger partial charge in [-0.1, -0.05) is 12.1 Å². The Morgan fingerprint density at radius 2 is 1.88 bits per heavy atom. The molecule has 3 nitrogen and oxygen atoms in total. The van der Waals surface area contributed by atoms with Crippen molar-refractivity contribution in [2.45, 2.75) is 18.7 Å². The Morgan fingerprint density at radius 1 is 1.24 bits per heavy atom. The van der Waals surface area contributed by atoms with Gasteiger partial charge in [0.05, 0.1) is 12.5 Å². The summed E-state index contributed by atoms with van der Waals surface area (Å²) in [4.78, 5) is 11.3. The van der Waals surface area contributed by atoms with Gasteiger partial charge in [-0.2, -0.15) is 0 Å². The largest absolute Gasteiger partial charge is 0.573 e. The van der Waals surface area contributed by atoms with E-state index in [1.807, 2.05) is 0 Å². The van der Waals surface area contributed by atoms with E-state index >= 15 is 0 Å². The summed E-state index contributed by atoms with van der Waals surface area (Å²) in [6.07, 6.45) is -4.15. The van der Waals surface area contributed by atoms with Crippen LogP contribution in [0.5, 0.6) is 5.75 Å². The third-order valence-electron chi connectivity index (χ3n) is 2.45. The predicted molar refractivity (Wildman–Crippen MR) is 51.4 cm³/mol. The molecule has 1 heterocycles. The second-order valence-electron chi connectivity index (χ2n) is 3.63. The Morgan fingerprint density at radius 3 is 2.35 bits per heavy atom. The molecule has 6 heteroatoms. The van der Waals surface area contributed by atoms with Gasteiger partial charge in [-0.15, -0.1) is 13.2 Å². The second-order valence-corrected chi connectivity index (χ2v) is 3.63. The van der Waals surface area contributed by atoms with Crippen molar-refractivity contribution in [3.8, 4) is 5.75 Å². The van der Waals surface area contributed by atoms with Gasteiger partial charge in [-0.3, -0.25) is 4.79 Å². The number of esters is 1. The molecule has 0 bridgehead atoms. The van der Waals surface area contributed by atoms with Crippen LogP contribution >= 0.6 is 0 Å². The molecule has 0 amide bonds. The van der Waals surface area contributed by atoms with Gasteiger partial charge in [0.15, 0.2) is 0 Å². The predicted octanol–water partition coefficient (Wildman–Crippen LogP) is 2.62. The van der Waals surface area contributed by atoms with Crippen LogP contribution in [-0.2, 0) is 9.53 Å². The summed E-state index contributed by atoms with van der Waals surface area (Å²) >= 11 is 0. The van der Waals surface area contributed by atoms with Crippen molar-refractivity contribution < 1.29 is 27.4 Å². The van der Waals surface area contributed by atoms with Crippen molar-refractivity contribution >= 4 is 5.97 Å². The number of halogens is 3. The molecule has 1 saturated heterocycles. The van der Waals surface area contributed by atoms with Crippen molar-refractivity contribution in [2.75, 3.05) is 6.61 Å². The molecular weight excluding hydrogens is 237 g/mol.